The van der Waals surface area contributed by atoms with Crippen LogP contribution >= 0.6 is 0 Å². The number of hydrogen-bond acceptors (Lipinski definition) is 4. The van der Waals surface area contributed by atoms with Crippen molar-refractivity contribution < 1.29 is 14.3 Å². The van der Waals surface area contributed by atoms with Crippen molar-refractivity contribution in [1.82, 2.24) is 10.6 Å². The van der Waals surface area contributed by atoms with Gasteiger partial charge >= 0.3 is 0 Å². The summed E-state index contributed by atoms with van der Waals surface area (Å²) in [5, 5.41) is 6.28. The molecule has 1 aromatic carbocycles. The Kier molecular flexibility index (Phi) is 3.78. The average molecular weight is 276 g/mol. The molecule has 3 rings (SSSR count). The molecular formula is C15H20N2O3. The van der Waals surface area contributed by atoms with E-state index in [0.29, 0.717) is 12.5 Å². The maximum absolute atomic E-state index is 12.2. The van der Waals surface area contributed by atoms with E-state index >= 15 is 0 Å². The molecule has 1 saturated heterocycles. The van der Waals surface area contributed by atoms with E-state index in [4.69, 9.17) is 9.47 Å². The predicted octanol–water partition coefficient (Wildman–Crippen LogP) is 1.42. The van der Waals surface area contributed by atoms with Gasteiger partial charge in [-0.15, -0.1) is 0 Å². The smallest absolute Gasteiger partial charge is 0.237 e. The van der Waals surface area contributed by atoms with Crippen LogP contribution in [0.25, 0.3) is 0 Å². The van der Waals surface area contributed by atoms with Crippen molar-refractivity contribution in [1.29, 1.82) is 0 Å². The molecule has 0 aromatic heterocycles. The first kappa shape index (κ1) is 13.2. The van der Waals surface area contributed by atoms with Crippen molar-refractivity contribution in [2.24, 2.45) is 5.92 Å². The summed E-state index contributed by atoms with van der Waals surface area (Å²) in [7, 11) is 0. The maximum Gasteiger partial charge on any atom is 0.237 e. The number of carbonyl (C=O) groups is 1. The summed E-state index contributed by atoms with van der Waals surface area (Å²) < 4.78 is 10.6. The summed E-state index contributed by atoms with van der Waals surface area (Å²) >= 11 is 0. The maximum atomic E-state index is 12.2. The molecule has 5 heteroatoms. The number of piperidine rings is 1. The lowest BCUT2D eigenvalue weighted by Crippen LogP contribution is -2.50. The molecule has 2 atom stereocenters. The van der Waals surface area contributed by atoms with Crippen LogP contribution in [0.2, 0.25) is 0 Å². The van der Waals surface area contributed by atoms with Gasteiger partial charge in [-0.05, 0) is 43.0 Å². The molecule has 0 saturated carbocycles. The summed E-state index contributed by atoms with van der Waals surface area (Å²) in [5.74, 6) is 1.99. The van der Waals surface area contributed by atoms with E-state index in [-0.39, 0.29) is 18.7 Å². The third-order valence-corrected chi connectivity index (χ3v) is 3.96. The Morgan fingerprint density at radius 1 is 1.40 bits per heavy atom. The summed E-state index contributed by atoms with van der Waals surface area (Å²) in [6, 6.07) is 5.68. The monoisotopic (exact) mass is 276 g/mol. The zero-order valence-corrected chi connectivity index (χ0v) is 11.6. The largest absolute Gasteiger partial charge is 0.454 e. The topological polar surface area (TPSA) is 59.6 Å². The Hall–Kier alpha value is -1.75. The second kappa shape index (κ2) is 5.71. The van der Waals surface area contributed by atoms with Crippen LogP contribution in [0.15, 0.2) is 18.2 Å². The van der Waals surface area contributed by atoms with Crippen molar-refractivity contribution in [3.05, 3.63) is 23.8 Å². The number of ether oxygens (including phenoxy) is 2. The third kappa shape index (κ3) is 2.72. The van der Waals surface area contributed by atoms with E-state index in [9.17, 15) is 4.79 Å². The van der Waals surface area contributed by atoms with Crippen LogP contribution in [0.3, 0.4) is 0 Å². The Morgan fingerprint density at radius 3 is 3.10 bits per heavy atom. The number of hydrogen-bond donors (Lipinski definition) is 2. The lowest BCUT2D eigenvalue weighted by molar-refractivity contribution is -0.125. The number of benzene rings is 1. The summed E-state index contributed by atoms with van der Waals surface area (Å²) in [6.07, 6.45) is 2.25. The standard InChI is InChI=1S/C15H20N2O3/c1-10-3-2-6-16-14(10)15(18)17-8-11-4-5-12-13(7-11)20-9-19-12/h4-5,7,10,14,16H,2-3,6,8-9H2,1H3,(H,17,18). The highest BCUT2D eigenvalue weighted by molar-refractivity contribution is 5.82. The predicted molar refractivity (Wildman–Crippen MR) is 74.6 cm³/mol. The number of carbonyl (C=O) groups excluding carboxylic acids is 1. The molecule has 5 nitrogen and oxygen atoms in total. The molecule has 0 radical (unpaired) electrons. The van der Waals surface area contributed by atoms with Gasteiger partial charge in [-0.25, -0.2) is 0 Å². The Labute approximate surface area is 118 Å². The van der Waals surface area contributed by atoms with Crippen LogP contribution in [0.5, 0.6) is 11.5 Å². The summed E-state index contributed by atoms with van der Waals surface area (Å²) in [5.41, 5.74) is 1.02. The molecule has 2 N–H and O–H groups in total. The van der Waals surface area contributed by atoms with E-state index in [2.05, 4.69) is 17.6 Å². The molecule has 2 aliphatic rings. The summed E-state index contributed by atoms with van der Waals surface area (Å²) in [4.78, 5) is 12.2. The first-order valence-electron chi connectivity index (χ1n) is 7.13. The highest BCUT2D eigenvalue weighted by atomic mass is 16.7. The molecule has 0 spiro atoms. The number of amides is 1. The SMILES string of the molecule is CC1CCCNC1C(=O)NCc1ccc2c(c1)OCO2. The molecule has 2 heterocycles. The van der Waals surface area contributed by atoms with Gasteiger partial charge in [0, 0.05) is 6.54 Å². The highest BCUT2D eigenvalue weighted by Gasteiger charge is 2.27. The lowest BCUT2D eigenvalue weighted by atomic mass is 9.92. The third-order valence-electron chi connectivity index (χ3n) is 3.96. The molecule has 1 amide bonds. The minimum Gasteiger partial charge on any atom is -0.454 e. The van der Waals surface area contributed by atoms with Gasteiger partial charge in [0.1, 0.15) is 0 Å². The van der Waals surface area contributed by atoms with Crippen molar-refractivity contribution >= 4 is 5.91 Å². The van der Waals surface area contributed by atoms with Crippen LogP contribution in [0.4, 0.5) is 0 Å². The minimum absolute atomic E-state index is 0.0715. The van der Waals surface area contributed by atoms with Gasteiger partial charge < -0.3 is 20.1 Å². The van der Waals surface area contributed by atoms with E-state index in [0.717, 1.165) is 36.4 Å². The van der Waals surface area contributed by atoms with Crippen molar-refractivity contribution in [3.8, 4) is 11.5 Å². The normalized spacial score (nSPS) is 24.4. The Bertz CT molecular complexity index is 504. The van der Waals surface area contributed by atoms with Crippen LogP contribution in [-0.2, 0) is 11.3 Å². The fourth-order valence-electron chi connectivity index (χ4n) is 2.75. The first-order valence-corrected chi connectivity index (χ1v) is 7.13. The molecule has 0 bridgehead atoms. The van der Waals surface area contributed by atoms with Crippen molar-refractivity contribution in [3.63, 3.8) is 0 Å². The first-order chi connectivity index (χ1) is 9.74. The molecule has 0 aliphatic carbocycles. The quantitative estimate of drug-likeness (QED) is 0.876. The van der Waals surface area contributed by atoms with Gasteiger partial charge in [0.15, 0.2) is 11.5 Å². The Morgan fingerprint density at radius 2 is 2.25 bits per heavy atom. The van der Waals surface area contributed by atoms with Gasteiger partial charge in [-0.3, -0.25) is 4.79 Å². The molecular weight excluding hydrogens is 256 g/mol. The summed E-state index contributed by atoms with van der Waals surface area (Å²) in [6.45, 7) is 3.83. The molecule has 108 valence electrons. The van der Waals surface area contributed by atoms with Crippen LogP contribution in [0.1, 0.15) is 25.3 Å². The molecule has 20 heavy (non-hydrogen) atoms. The van der Waals surface area contributed by atoms with Gasteiger partial charge in [0.05, 0.1) is 6.04 Å². The van der Waals surface area contributed by atoms with Gasteiger partial charge in [-0.1, -0.05) is 13.0 Å². The van der Waals surface area contributed by atoms with Gasteiger partial charge in [-0.2, -0.15) is 0 Å². The molecule has 1 fully saturated rings. The average Bonchev–Trinajstić information content (AvgIpc) is 2.92. The Balaban J connectivity index is 1.57. The van der Waals surface area contributed by atoms with Crippen molar-refractivity contribution in [2.75, 3.05) is 13.3 Å². The second-order valence-electron chi connectivity index (χ2n) is 5.46. The molecule has 1 aromatic rings. The van der Waals surface area contributed by atoms with E-state index in [1.807, 2.05) is 18.2 Å². The van der Waals surface area contributed by atoms with Crippen molar-refractivity contribution in [2.45, 2.75) is 32.4 Å². The van der Waals surface area contributed by atoms with Gasteiger partial charge in [0.2, 0.25) is 12.7 Å². The van der Waals surface area contributed by atoms with E-state index in [1.54, 1.807) is 0 Å². The van der Waals surface area contributed by atoms with Crippen LogP contribution in [-0.4, -0.2) is 25.3 Å². The molecule has 2 aliphatic heterocycles. The molecule has 2 unspecified atom stereocenters. The van der Waals surface area contributed by atoms with E-state index in [1.165, 1.54) is 0 Å². The fraction of sp³-hybridized carbons (Fsp3) is 0.533. The van der Waals surface area contributed by atoms with Crippen LogP contribution in [0, 0.1) is 5.92 Å². The van der Waals surface area contributed by atoms with Crippen LogP contribution < -0.4 is 20.1 Å². The van der Waals surface area contributed by atoms with E-state index < -0.39 is 0 Å². The zero-order chi connectivity index (χ0) is 13.9. The zero-order valence-electron chi connectivity index (χ0n) is 11.6. The number of fused-ring (bicyclic) bond motifs is 1. The number of rotatable bonds is 3. The number of nitrogens with one attached hydrogen (secondary N) is 2. The minimum atomic E-state index is -0.0715. The fourth-order valence-corrected chi connectivity index (χ4v) is 2.75. The lowest BCUT2D eigenvalue weighted by Gasteiger charge is -2.28. The van der Waals surface area contributed by atoms with Gasteiger partial charge in [0.25, 0.3) is 0 Å². The highest BCUT2D eigenvalue weighted by Crippen LogP contribution is 2.32. The second-order valence-corrected chi connectivity index (χ2v) is 5.46.